The van der Waals surface area contributed by atoms with E-state index in [0.717, 1.165) is 11.1 Å². The lowest BCUT2D eigenvalue weighted by Crippen LogP contribution is -2.44. The minimum atomic E-state index is -1.41. The molecule has 12 nitrogen and oxygen atoms in total. The monoisotopic (exact) mass is 712 g/mol. The lowest BCUT2D eigenvalue weighted by Gasteiger charge is -2.25. The molecule has 0 saturated heterocycles. The van der Waals surface area contributed by atoms with E-state index in [2.05, 4.69) is 17.2 Å². The quantitative estimate of drug-likeness (QED) is 0.103. The van der Waals surface area contributed by atoms with E-state index in [0.29, 0.717) is 6.42 Å². The maximum Gasteiger partial charge on any atom is 0.408 e. The molecule has 0 aliphatic rings. The predicted octanol–water partition coefficient (Wildman–Crippen LogP) is 5.60. The van der Waals surface area contributed by atoms with Gasteiger partial charge in [-0.25, -0.2) is 9.59 Å². The Hall–Kier alpha value is -5.23. The summed E-state index contributed by atoms with van der Waals surface area (Å²) in [7, 11) is 2.83. The largest absolute Gasteiger partial charge is 0.493 e. The van der Waals surface area contributed by atoms with Gasteiger partial charge in [0.1, 0.15) is 37.2 Å². The van der Waals surface area contributed by atoms with Crippen molar-refractivity contribution in [2.75, 3.05) is 27.4 Å². The van der Waals surface area contributed by atoms with Gasteiger partial charge in [-0.1, -0.05) is 73.3 Å². The minimum absolute atomic E-state index is 0. The van der Waals surface area contributed by atoms with Crippen LogP contribution >= 0.6 is 12.4 Å². The highest BCUT2D eigenvalue weighted by molar-refractivity contribution is 6.00. The van der Waals surface area contributed by atoms with Crippen LogP contribution in [0, 0.1) is 0 Å². The first-order valence-electron chi connectivity index (χ1n) is 15.6. The third-order valence-corrected chi connectivity index (χ3v) is 6.76. The number of esters is 2. The molecule has 0 saturated carbocycles. The van der Waals surface area contributed by atoms with E-state index in [1.807, 2.05) is 36.4 Å². The summed E-state index contributed by atoms with van der Waals surface area (Å²) in [5.74, 6) is -1.83. The molecular weight excluding hydrogens is 668 g/mol. The van der Waals surface area contributed by atoms with Crippen molar-refractivity contribution in [1.82, 2.24) is 10.6 Å². The highest BCUT2D eigenvalue weighted by Crippen LogP contribution is 2.35. The highest BCUT2D eigenvalue weighted by Gasteiger charge is 2.29. The van der Waals surface area contributed by atoms with E-state index in [-0.39, 0.29) is 55.0 Å². The van der Waals surface area contributed by atoms with Crippen LogP contribution in [0.15, 0.2) is 85.5 Å². The van der Waals surface area contributed by atoms with Crippen LogP contribution in [0.5, 0.6) is 17.2 Å². The fraction of sp³-hybridized carbons (Fsp3) is 0.351. The molecule has 0 aliphatic carbocycles. The molecule has 2 atom stereocenters. The van der Waals surface area contributed by atoms with Gasteiger partial charge >= 0.3 is 18.0 Å². The second-order valence-corrected chi connectivity index (χ2v) is 11.8. The fourth-order valence-electron chi connectivity index (χ4n) is 4.51. The van der Waals surface area contributed by atoms with E-state index >= 15 is 0 Å². The summed E-state index contributed by atoms with van der Waals surface area (Å²) in [5.41, 5.74) is 0.885. The molecule has 50 heavy (non-hydrogen) atoms. The summed E-state index contributed by atoms with van der Waals surface area (Å²) >= 11 is 0. The van der Waals surface area contributed by atoms with Crippen LogP contribution in [0.2, 0.25) is 0 Å². The van der Waals surface area contributed by atoms with Crippen molar-refractivity contribution in [2.24, 2.45) is 0 Å². The van der Waals surface area contributed by atoms with Crippen LogP contribution in [0.4, 0.5) is 4.79 Å². The molecule has 2 amide bonds. The molecule has 2 unspecified atom stereocenters. The molecule has 0 aromatic heterocycles. The standard InChI is InChI=1S/C37H44N2O10.ClH/c1-7-18-46-33(40)21-29(35(42)48-23-26-16-12-9-13-17-26)39-34(41)28-20-31(44-5)32(45-6)22-30(28)47-24-27(19-25-14-10-8-11-15-25)38-36(43)49-37(2,3)4;/h7-17,20,22,27,29H,1,18-19,21,23-24H2,2-6H3,(H,38,43)(H,39,41);1H. The van der Waals surface area contributed by atoms with Gasteiger partial charge in [-0.2, -0.15) is 0 Å². The van der Waals surface area contributed by atoms with Crippen molar-refractivity contribution in [3.05, 3.63) is 102 Å². The summed E-state index contributed by atoms with van der Waals surface area (Å²) in [4.78, 5) is 52.3. The second kappa shape index (κ2) is 20.3. The van der Waals surface area contributed by atoms with Crippen molar-refractivity contribution in [3.8, 4) is 17.2 Å². The van der Waals surface area contributed by atoms with Gasteiger partial charge < -0.3 is 39.1 Å². The summed E-state index contributed by atoms with van der Waals surface area (Å²) in [5, 5.41) is 5.43. The Bertz CT molecular complexity index is 1560. The van der Waals surface area contributed by atoms with Crippen LogP contribution in [-0.4, -0.2) is 69.1 Å². The summed E-state index contributed by atoms with van der Waals surface area (Å²) in [6.45, 7) is 8.55. The van der Waals surface area contributed by atoms with Crippen molar-refractivity contribution in [1.29, 1.82) is 0 Å². The Morgan fingerprint density at radius 3 is 2.00 bits per heavy atom. The van der Waals surface area contributed by atoms with Gasteiger partial charge in [0, 0.05) is 12.1 Å². The molecule has 0 bridgehead atoms. The second-order valence-electron chi connectivity index (χ2n) is 11.8. The van der Waals surface area contributed by atoms with E-state index in [4.69, 9.17) is 28.4 Å². The van der Waals surface area contributed by atoms with E-state index in [9.17, 15) is 19.2 Å². The van der Waals surface area contributed by atoms with Gasteiger partial charge in [-0.05, 0) is 38.3 Å². The minimum Gasteiger partial charge on any atom is -0.493 e. The zero-order valence-corrected chi connectivity index (χ0v) is 29.7. The summed E-state index contributed by atoms with van der Waals surface area (Å²) in [6.07, 6.45) is 0.629. The number of halogens is 1. The zero-order chi connectivity index (χ0) is 35.8. The van der Waals surface area contributed by atoms with Crippen LogP contribution in [0.25, 0.3) is 0 Å². The first-order valence-corrected chi connectivity index (χ1v) is 15.6. The van der Waals surface area contributed by atoms with Crippen LogP contribution < -0.4 is 24.8 Å². The molecule has 0 fully saturated rings. The third-order valence-electron chi connectivity index (χ3n) is 6.76. The summed E-state index contributed by atoms with van der Waals surface area (Å²) < 4.78 is 33.0. The van der Waals surface area contributed by atoms with Gasteiger partial charge in [-0.15, -0.1) is 12.4 Å². The maximum atomic E-state index is 13.8. The molecule has 13 heteroatoms. The predicted molar refractivity (Wildman–Crippen MR) is 189 cm³/mol. The Balaban J connectivity index is 0.00000867. The number of alkyl carbamates (subject to hydrolysis) is 1. The van der Waals surface area contributed by atoms with Crippen LogP contribution in [0.3, 0.4) is 0 Å². The number of amides is 2. The lowest BCUT2D eigenvalue weighted by atomic mass is 10.1. The van der Waals surface area contributed by atoms with Gasteiger partial charge in [0.05, 0.1) is 32.2 Å². The highest BCUT2D eigenvalue weighted by atomic mass is 35.5. The molecule has 0 spiro atoms. The molecule has 2 N–H and O–H groups in total. The molecule has 0 heterocycles. The van der Waals surface area contributed by atoms with Crippen molar-refractivity contribution < 1.29 is 47.6 Å². The average Bonchev–Trinajstić information content (AvgIpc) is 3.07. The van der Waals surface area contributed by atoms with Gasteiger partial charge in [-0.3, -0.25) is 9.59 Å². The average molecular weight is 713 g/mol. The summed E-state index contributed by atoms with van der Waals surface area (Å²) in [6, 6.07) is 19.3. The number of carbonyl (C=O) groups excluding carboxylic acids is 4. The van der Waals surface area contributed by atoms with E-state index in [1.54, 1.807) is 45.0 Å². The molecule has 270 valence electrons. The number of carbonyl (C=O) groups is 4. The zero-order valence-electron chi connectivity index (χ0n) is 28.9. The molecule has 0 aliphatic heterocycles. The van der Waals surface area contributed by atoms with Crippen molar-refractivity contribution >= 4 is 36.3 Å². The smallest absolute Gasteiger partial charge is 0.408 e. The Morgan fingerprint density at radius 2 is 1.42 bits per heavy atom. The van der Waals surface area contributed by atoms with E-state index < -0.39 is 48.0 Å². The van der Waals surface area contributed by atoms with Gasteiger partial charge in [0.25, 0.3) is 5.91 Å². The molecule has 3 rings (SSSR count). The van der Waals surface area contributed by atoms with Crippen LogP contribution in [0.1, 0.15) is 48.7 Å². The van der Waals surface area contributed by atoms with Crippen molar-refractivity contribution in [2.45, 2.75) is 57.9 Å². The molecule has 3 aromatic rings. The number of methoxy groups -OCH3 is 2. The Labute approximate surface area is 298 Å². The number of hydrogen-bond donors (Lipinski definition) is 2. The fourth-order valence-corrected chi connectivity index (χ4v) is 4.51. The first-order chi connectivity index (χ1) is 23.4. The Kier molecular flexibility index (Phi) is 16.6. The molecular formula is C37H45ClN2O10. The first kappa shape index (κ1) is 40.9. The van der Waals surface area contributed by atoms with Gasteiger partial charge in [0.15, 0.2) is 11.5 Å². The normalized spacial score (nSPS) is 11.8. The van der Waals surface area contributed by atoms with E-state index in [1.165, 1.54) is 32.4 Å². The lowest BCUT2D eigenvalue weighted by molar-refractivity contribution is -0.152. The van der Waals surface area contributed by atoms with Crippen LogP contribution in [-0.2, 0) is 36.8 Å². The number of nitrogens with one attached hydrogen (secondary N) is 2. The topological polar surface area (TPSA) is 148 Å². The number of benzene rings is 3. The third kappa shape index (κ3) is 13.7. The maximum absolute atomic E-state index is 13.8. The SMILES string of the molecule is C=CCOC(=O)CC(NC(=O)c1cc(OC)c(OC)cc1OCC(Cc1ccccc1)NC(=O)OC(C)(C)C)C(=O)OCc1ccccc1.Cl. The van der Waals surface area contributed by atoms with Crippen molar-refractivity contribution in [3.63, 3.8) is 0 Å². The number of ether oxygens (including phenoxy) is 6. The number of hydrogen-bond acceptors (Lipinski definition) is 10. The Morgan fingerprint density at radius 1 is 0.820 bits per heavy atom. The molecule has 0 radical (unpaired) electrons. The molecule has 3 aromatic carbocycles. The number of rotatable bonds is 17. The van der Waals surface area contributed by atoms with Gasteiger partial charge in [0.2, 0.25) is 0 Å².